The van der Waals surface area contributed by atoms with Crippen molar-refractivity contribution in [3.05, 3.63) is 35.9 Å². The predicted molar refractivity (Wildman–Crippen MR) is 61.9 cm³/mol. The Labute approximate surface area is 87.0 Å². The first-order valence-electron chi connectivity index (χ1n) is 4.72. The van der Waals surface area contributed by atoms with Crippen molar-refractivity contribution in [3.63, 3.8) is 0 Å². The fraction of sp³-hybridized carbons (Fsp3) is 0.500. The molecule has 0 radical (unpaired) electrons. The van der Waals surface area contributed by atoms with Crippen LogP contribution in [0.2, 0.25) is 0 Å². The summed E-state index contributed by atoms with van der Waals surface area (Å²) in [4.78, 5) is 0. The molecule has 0 aliphatic carbocycles. The van der Waals surface area contributed by atoms with Crippen LogP contribution in [0.5, 0.6) is 0 Å². The van der Waals surface area contributed by atoms with E-state index in [2.05, 4.69) is 33.4 Å². The summed E-state index contributed by atoms with van der Waals surface area (Å²) in [5.41, 5.74) is 0. The summed E-state index contributed by atoms with van der Waals surface area (Å²) in [6.45, 7) is 10.2. The summed E-state index contributed by atoms with van der Waals surface area (Å²) in [5.74, 6) is 1.33. The largest absolute Gasteiger partial charge is 0.0990 e. The molecule has 74 valence electrons. The third-order valence-electron chi connectivity index (χ3n) is 1.70. The van der Waals surface area contributed by atoms with Gasteiger partial charge in [-0.15, -0.1) is 0 Å². The topological polar surface area (TPSA) is 0 Å². The molecule has 0 aromatic carbocycles. The van der Waals surface area contributed by atoms with Crippen LogP contribution in [0.1, 0.15) is 27.2 Å². The lowest BCUT2D eigenvalue weighted by molar-refractivity contribution is 0.503. The van der Waals surface area contributed by atoms with Gasteiger partial charge in [-0.3, -0.25) is 0 Å². The van der Waals surface area contributed by atoms with Crippen LogP contribution in [0.15, 0.2) is 35.9 Å². The number of hydrogen-bond donors (Lipinski definition) is 0. The Kier molecular flexibility index (Phi) is 6.70. The predicted octanol–water partition coefficient (Wildman–Crippen LogP) is 4.53. The van der Waals surface area contributed by atoms with Crippen LogP contribution in [-0.2, 0) is 0 Å². The fourth-order valence-electron chi connectivity index (χ4n) is 1.25. The standard InChI is InChI=1S/C12H19Cl/c1-5-6-12(13)8-7-11(4)9-10(2)3/h5-8,10-11H,1,9H2,2-4H3/b8-7-,12-6+. The zero-order chi connectivity index (χ0) is 10.3. The second-order valence-corrected chi connectivity index (χ2v) is 4.19. The minimum atomic E-state index is 0.590. The van der Waals surface area contributed by atoms with Crippen molar-refractivity contribution in [2.75, 3.05) is 0 Å². The van der Waals surface area contributed by atoms with Crippen molar-refractivity contribution in [1.29, 1.82) is 0 Å². The Morgan fingerprint density at radius 1 is 1.38 bits per heavy atom. The lowest BCUT2D eigenvalue weighted by Crippen LogP contribution is -1.95. The van der Waals surface area contributed by atoms with E-state index >= 15 is 0 Å². The molecule has 0 amide bonds. The molecular weight excluding hydrogens is 180 g/mol. The van der Waals surface area contributed by atoms with E-state index in [4.69, 9.17) is 11.6 Å². The average molecular weight is 199 g/mol. The maximum atomic E-state index is 5.86. The van der Waals surface area contributed by atoms with Crippen LogP contribution < -0.4 is 0 Å². The molecule has 1 heteroatoms. The summed E-state index contributed by atoms with van der Waals surface area (Å²) in [6.07, 6.45) is 8.77. The first-order valence-corrected chi connectivity index (χ1v) is 5.10. The molecule has 0 bridgehead atoms. The first-order chi connectivity index (χ1) is 6.06. The van der Waals surface area contributed by atoms with Gasteiger partial charge in [-0.05, 0) is 30.4 Å². The van der Waals surface area contributed by atoms with E-state index in [1.807, 2.05) is 6.08 Å². The van der Waals surface area contributed by atoms with Gasteiger partial charge in [0, 0.05) is 5.03 Å². The maximum absolute atomic E-state index is 5.86. The highest BCUT2D eigenvalue weighted by Crippen LogP contribution is 2.14. The minimum Gasteiger partial charge on any atom is -0.0990 e. The Bertz CT molecular complexity index is 199. The van der Waals surface area contributed by atoms with Gasteiger partial charge in [-0.25, -0.2) is 0 Å². The van der Waals surface area contributed by atoms with Crippen LogP contribution in [0.4, 0.5) is 0 Å². The Morgan fingerprint density at radius 2 is 2.00 bits per heavy atom. The average Bonchev–Trinajstić information content (AvgIpc) is 2.00. The second kappa shape index (κ2) is 6.97. The molecule has 0 saturated carbocycles. The summed E-state index contributed by atoms with van der Waals surface area (Å²) >= 11 is 5.86. The van der Waals surface area contributed by atoms with Gasteiger partial charge in [-0.1, -0.05) is 51.1 Å². The van der Waals surface area contributed by atoms with E-state index in [9.17, 15) is 0 Å². The summed E-state index contributed by atoms with van der Waals surface area (Å²) < 4.78 is 0. The Balaban J connectivity index is 3.96. The lowest BCUT2D eigenvalue weighted by Gasteiger charge is -2.08. The quantitative estimate of drug-likeness (QED) is 0.570. The summed E-state index contributed by atoms with van der Waals surface area (Å²) in [5, 5.41) is 0.741. The molecule has 0 aliphatic heterocycles. The van der Waals surface area contributed by atoms with Crippen molar-refractivity contribution < 1.29 is 0 Å². The molecule has 13 heavy (non-hydrogen) atoms. The van der Waals surface area contributed by atoms with E-state index in [-0.39, 0.29) is 0 Å². The van der Waals surface area contributed by atoms with Crippen molar-refractivity contribution >= 4 is 11.6 Å². The SMILES string of the molecule is C=C/C=C(Cl)\C=C/C(C)CC(C)C. The molecule has 0 heterocycles. The van der Waals surface area contributed by atoms with Crippen LogP contribution >= 0.6 is 11.6 Å². The molecule has 0 saturated heterocycles. The number of allylic oxidation sites excluding steroid dienone is 5. The van der Waals surface area contributed by atoms with E-state index in [0.717, 1.165) is 11.0 Å². The van der Waals surface area contributed by atoms with Crippen LogP contribution in [0, 0.1) is 11.8 Å². The molecule has 0 fully saturated rings. The molecule has 0 nitrogen and oxygen atoms in total. The van der Waals surface area contributed by atoms with Gasteiger partial charge < -0.3 is 0 Å². The van der Waals surface area contributed by atoms with Gasteiger partial charge >= 0.3 is 0 Å². The molecule has 0 aromatic heterocycles. The van der Waals surface area contributed by atoms with Gasteiger partial charge in [0.1, 0.15) is 0 Å². The smallest absolute Gasteiger partial charge is 0.0402 e. The summed E-state index contributed by atoms with van der Waals surface area (Å²) in [6, 6.07) is 0. The van der Waals surface area contributed by atoms with Crippen molar-refractivity contribution in [3.8, 4) is 0 Å². The summed E-state index contributed by atoms with van der Waals surface area (Å²) in [7, 11) is 0. The van der Waals surface area contributed by atoms with Gasteiger partial charge in [0.2, 0.25) is 0 Å². The zero-order valence-corrected chi connectivity index (χ0v) is 9.51. The fourth-order valence-corrected chi connectivity index (χ4v) is 1.41. The third-order valence-corrected chi connectivity index (χ3v) is 1.96. The van der Waals surface area contributed by atoms with E-state index in [1.54, 1.807) is 12.2 Å². The van der Waals surface area contributed by atoms with Gasteiger partial charge in [0.05, 0.1) is 0 Å². The molecule has 0 aromatic rings. The Morgan fingerprint density at radius 3 is 2.46 bits per heavy atom. The molecule has 0 aliphatic rings. The highest BCUT2D eigenvalue weighted by molar-refractivity contribution is 6.31. The molecule has 1 atom stereocenters. The van der Waals surface area contributed by atoms with Gasteiger partial charge in [0.15, 0.2) is 0 Å². The second-order valence-electron chi connectivity index (χ2n) is 3.75. The van der Waals surface area contributed by atoms with Crippen LogP contribution in [0.25, 0.3) is 0 Å². The van der Waals surface area contributed by atoms with Gasteiger partial charge in [-0.2, -0.15) is 0 Å². The highest BCUT2D eigenvalue weighted by atomic mass is 35.5. The monoisotopic (exact) mass is 198 g/mol. The van der Waals surface area contributed by atoms with Crippen molar-refractivity contribution in [1.82, 2.24) is 0 Å². The van der Waals surface area contributed by atoms with Gasteiger partial charge in [0.25, 0.3) is 0 Å². The van der Waals surface area contributed by atoms with E-state index in [1.165, 1.54) is 6.42 Å². The van der Waals surface area contributed by atoms with E-state index < -0.39 is 0 Å². The molecule has 0 spiro atoms. The number of halogens is 1. The minimum absolute atomic E-state index is 0.590. The first kappa shape index (κ1) is 12.5. The normalized spacial score (nSPS) is 15.3. The van der Waals surface area contributed by atoms with Crippen LogP contribution in [-0.4, -0.2) is 0 Å². The highest BCUT2D eigenvalue weighted by Gasteiger charge is 2.00. The molecule has 0 rings (SSSR count). The molecule has 1 unspecified atom stereocenters. The zero-order valence-electron chi connectivity index (χ0n) is 8.76. The van der Waals surface area contributed by atoms with Crippen molar-refractivity contribution in [2.24, 2.45) is 11.8 Å². The molecular formula is C12H19Cl. The maximum Gasteiger partial charge on any atom is 0.0402 e. The van der Waals surface area contributed by atoms with E-state index in [0.29, 0.717) is 5.92 Å². The third kappa shape index (κ3) is 7.86. The Hall–Kier alpha value is -0.490. The van der Waals surface area contributed by atoms with Crippen LogP contribution in [0.3, 0.4) is 0 Å². The van der Waals surface area contributed by atoms with Crippen molar-refractivity contribution in [2.45, 2.75) is 27.2 Å². The molecule has 0 N–H and O–H groups in total. The number of hydrogen-bond acceptors (Lipinski definition) is 0. The lowest BCUT2D eigenvalue weighted by atomic mass is 9.98. The number of rotatable bonds is 5.